The topological polar surface area (TPSA) is 44.6 Å². The summed E-state index contributed by atoms with van der Waals surface area (Å²) >= 11 is 0. The minimum absolute atomic E-state index is 0.0519. The van der Waals surface area contributed by atoms with E-state index in [-0.39, 0.29) is 11.7 Å². The SMILES string of the molecule is CCCCc1ccc(C(=O)N(CCC)Cc2c(CC)nn(-c3ccc(F)cc3)c2N2CCN(C(C)C)CC2)cc1. The smallest absolute Gasteiger partial charge is 0.254 e. The summed E-state index contributed by atoms with van der Waals surface area (Å²) < 4.78 is 15.8. The minimum Gasteiger partial charge on any atom is -0.354 e. The van der Waals surface area contributed by atoms with E-state index in [0.717, 1.165) is 86.6 Å². The first kappa shape index (κ1) is 29.8. The number of halogens is 1. The van der Waals surface area contributed by atoms with Gasteiger partial charge in [-0.15, -0.1) is 0 Å². The lowest BCUT2D eigenvalue weighted by atomic mass is 10.1. The molecule has 40 heavy (non-hydrogen) atoms. The highest BCUT2D eigenvalue weighted by Gasteiger charge is 2.29. The van der Waals surface area contributed by atoms with E-state index in [1.54, 1.807) is 12.1 Å². The van der Waals surface area contributed by atoms with Crippen LogP contribution in [-0.2, 0) is 19.4 Å². The van der Waals surface area contributed by atoms with Gasteiger partial charge >= 0.3 is 0 Å². The molecule has 2 heterocycles. The van der Waals surface area contributed by atoms with Gasteiger partial charge in [-0.25, -0.2) is 9.07 Å². The third kappa shape index (κ3) is 6.92. The maximum absolute atomic E-state index is 13.8. The fourth-order valence-electron chi connectivity index (χ4n) is 5.56. The number of benzene rings is 2. The minimum atomic E-state index is -0.264. The van der Waals surface area contributed by atoms with Crippen LogP contribution in [0.15, 0.2) is 48.5 Å². The highest BCUT2D eigenvalue weighted by atomic mass is 19.1. The van der Waals surface area contributed by atoms with Crippen molar-refractivity contribution in [3.63, 3.8) is 0 Å². The fraction of sp³-hybridized carbons (Fsp3) is 0.515. The molecule has 3 aromatic rings. The average molecular weight is 548 g/mol. The molecule has 1 aliphatic heterocycles. The largest absolute Gasteiger partial charge is 0.354 e. The van der Waals surface area contributed by atoms with E-state index in [0.29, 0.717) is 19.1 Å². The Bertz CT molecular complexity index is 1230. The number of rotatable bonds is 12. The Labute approximate surface area is 239 Å². The maximum Gasteiger partial charge on any atom is 0.254 e. The van der Waals surface area contributed by atoms with Crippen molar-refractivity contribution in [1.82, 2.24) is 19.6 Å². The van der Waals surface area contributed by atoms with Crippen LogP contribution in [0.1, 0.15) is 81.1 Å². The summed E-state index contributed by atoms with van der Waals surface area (Å²) in [6.07, 6.45) is 4.98. The third-order valence-corrected chi connectivity index (χ3v) is 7.94. The normalized spacial score (nSPS) is 14.2. The number of carbonyl (C=O) groups excluding carboxylic acids is 1. The quantitative estimate of drug-likeness (QED) is 0.260. The van der Waals surface area contributed by atoms with Gasteiger partial charge in [0, 0.05) is 49.9 Å². The first-order chi connectivity index (χ1) is 19.4. The molecule has 0 bridgehead atoms. The molecule has 0 aliphatic carbocycles. The van der Waals surface area contributed by atoms with Crippen molar-refractivity contribution in [2.45, 2.75) is 79.3 Å². The summed E-state index contributed by atoms with van der Waals surface area (Å²) in [5.74, 6) is 0.811. The van der Waals surface area contributed by atoms with Crippen LogP contribution in [0.5, 0.6) is 0 Å². The summed E-state index contributed by atoms with van der Waals surface area (Å²) in [5.41, 5.74) is 4.90. The van der Waals surface area contributed by atoms with Crippen molar-refractivity contribution in [3.8, 4) is 5.69 Å². The highest BCUT2D eigenvalue weighted by Crippen LogP contribution is 2.31. The standard InChI is InChI=1S/C33H46FN5O/c1-6-9-10-26-11-13-27(14-12-26)33(40)38(19-7-2)24-30-31(8-3)35-39(29-17-15-28(34)16-18-29)32(30)37-22-20-36(21-23-37)25(4)5/h11-18,25H,6-10,19-24H2,1-5H3. The molecule has 0 unspecified atom stereocenters. The zero-order valence-electron chi connectivity index (χ0n) is 25.0. The molecule has 0 N–H and O–H groups in total. The van der Waals surface area contributed by atoms with Gasteiger partial charge in [-0.2, -0.15) is 5.10 Å². The number of unbranched alkanes of at least 4 members (excludes halogenated alkanes) is 1. The Hall–Kier alpha value is -3.19. The molecule has 1 amide bonds. The van der Waals surface area contributed by atoms with E-state index in [9.17, 15) is 9.18 Å². The van der Waals surface area contributed by atoms with E-state index in [2.05, 4.69) is 56.6 Å². The van der Waals surface area contributed by atoms with Gasteiger partial charge in [-0.3, -0.25) is 9.69 Å². The van der Waals surface area contributed by atoms with E-state index in [1.165, 1.54) is 17.7 Å². The van der Waals surface area contributed by atoms with Crippen molar-refractivity contribution >= 4 is 11.7 Å². The van der Waals surface area contributed by atoms with Crippen LogP contribution >= 0.6 is 0 Å². The van der Waals surface area contributed by atoms with Crippen LogP contribution in [0.25, 0.3) is 5.69 Å². The molecule has 6 nitrogen and oxygen atoms in total. The average Bonchev–Trinajstić information content (AvgIpc) is 3.34. The summed E-state index contributed by atoms with van der Waals surface area (Å²) in [5, 5.41) is 5.04. The van der Waals surface area contributed by atoms with E-state index in [4.69, 9.17) is 5.10 Å². The molecule has 7 heteroatoms. The second-order valence-corrected chi connectivity index (χ2v) is 11.1. The molecular formula is C33H46FN5O. The predicted octanol–water partition coefficient (Wildman–Crippen LogP) is 6.50. The van der Waals surface area contributed by atoms with Gasteiger partial charge in [-0.05, 0) is 81.5 Å². The monoisotopic (exact) mass is 547 g/mol. The summed E-state index contributed by atoms with van der Waals surface area (Å²) in [6, 6.07) is 15.2. The van der Waals surface area contributed by atoms with Crippen LogP contribution < -0.4 is 4.90 Å². The molecule has 0 radical (unpaired) electrons. The molecule has 1 saturated heterocycles. The molecular weight excluding hydrogens is 501 g/mol. The number of carbonyl (C=O) groups is 1. The maximum atomic E-state index is 13.8. The van der Waals surface area contributed by atoms with E-state index in [1.807, 2.05) is 21.7 Å². The fourth-order valence-corrected chi connectivity index (χ4v) is 5.56. The van der Waals surface area contributed by atoms with Crippen molar-refractivity contribution < 1.29 is 9.18 Å². The van der Waals surface area contributed by atoms with E-state index >= 15 is 0 Å². The number of hydrogen-bond donors (Lipinski definition) is 0. The number of aromatic nitrogens is 2. The predicted molar refractivity (Wildman–Crippen MR) is 162 cm³/mol. The molecule has 1 aliphatic rings. The zero-order chi connectivity index (χ0) is 28.6. The molecule has 2 aromatic carbocycles. The van der Waals surface area contributed by atoms with Crippen molar-refractivity contribution in [2.24, 2.45) is 0 Å². The molecule has 0 atom stereocenters. The Balaban J connectivity index is 1.70. The Morgan fingerprint density at radius 2 is 1.62 bits per heavy atom. The van der Waals surface area contributed by atoms with Crippen LogP contribution in [0.4, 0.5) is 10.2 Å². The van der Waals surface area contributed by atoms with Crippen molar-refractivity contribution in [1.29, 1.82) is 0 Å². The van der Waals surface area contributed by atoms with Gasteiger partial charge in [0.1, 0.15) is 11.6 Å². The number of hydrogen-bond acceptors (Lipinski definition) is 4. The second kappa shape index (κ2) is 13.9. The van der Waals surface area contributed by atoms with Crippen molar-refractivity contribution in [2.75, 3.05) is 37.6 Å². The molecule has 216 valence electrons. The Morgan fingerprint density at radius 3 is 2.20 bits per heavy atom. The molecule has 0 spiro atoms. The number of anilines is 1. The molecule has 4 rings (SSSR count). The molecule has 0 saturated carbocycles. The lowest BCUT2D eigenvalue weighted by molar-refractivity contribution is 0.0743. The summed E-state index contributed by atoms with van der Waals surface area (Å²) in [6.45, 7) is 15.8. The van der Waals surface area contributed by atoms with Gasteiger partial charge in [0.25, 0.3) is 5.91 Å². The summed E-state index contributed by atoms with van der Waals surface area (Å²) in [4.78, 5) is 20.7. The molecule has 1 aromatic heterocycles. The van der Waals surface area contributed by atoms with E-state index < -0.39 is 0 Å². The third-order valence-electron chi connectivity index (χ3n) is 7.94. The first-order valence-electron chi connectivity index (χ1n) is 15.1. The number of aryl methyl sites for hydroxylation is 2. The van der Waals surface area contributed by atoms with Gasteiger partial charge in [0.2, 0.25) is 0 Å². The summed E-state index contributed by atoms with van der Waals surface area (Å²) in [7, 11) is 0. The van der Waals surface area contributed by atoms with Crippen molar-refractivity contribution in [3.05, 3.63) is 76.7 Å². The number of nitrogens with zero attached hydrogens (tertiary/aromatic N) is 5. The van der Waals surface area contributed by atoms with Crippen LogP contribution in [0.3, 0.4) is 0 Å². The van der Waals surface area contributed by atoms with Gasteiger partial charge in [-0.1, -0.05) is 39.3 Å². The van der Waals surface area contributed by atoms with Gasteiger partial charge < -0.3 is 9.80 Å². The Kier molecular flexibility index (Phi) is 10.4. The van der Waals surface area contributed by atoms with Crippen LogP contribution in [-0.4, -0.2) is 64.3 Å². The lowest BCUT2D eigenvalue weighted by Gasteiger charge is -2.38. The highest BCUT2D eigenvalue weighted by molar-refractivity contribution is 5.94. The van der Waals surface area contributed by atoms with Gasteiger partial charge in [0.05, 0.1) is 17.9 Å². The van der Waals surface area contributed by atoms with Crippen LogP contribution in [0, 0.1) is 5.82 Å². The Morgan fingerprint density at radius 1 is 0.950 bits per heavy atom. The second-order valence-electron chi connectivity index (χ2n) is 11.1. The lowest BCUT2D eigenvalue weighted by Crippen LogP contribution is -2.49. The number of amides is 1. The first-order valence-corrected chi connectivity index (χ1v) is 15.1. The molecule has 1 fully saturated rings. The van der Waals surface area contributed by atoms with Crippen LogP contribution in [0.2, 0.25) is 0 Å². The number of piperazine rings is 1. The zero-order valence-corrected chi connectivity index (χ0v) is 25.0. The van der Waals surface area contributed by atoms with Gasteiger partial charge in [0.15, 0.2) is 0 Å².